The summed E-state index contributed by atoms with van der Waals surface area (Å²) in [5.74, 6) is 0.468. The molecule has 1 aromatic rings. The molecule has 94 valence electrons. The Kier molecular flexibility index (Phi) is 4.96. The van der Waals surface area contributed by atoms with Gasteiger partial charge in [-0.15, -0.1) is 0 Å². The summed E-state index contributed by atoms with van der Waals surface area (Å²) in [6.07, 6.45) is 0.936. The van der Waals surface area contributed by atoms with Crippen molar-refractivity contribution in [2.24, 2.45) is 11.7 Å². The number of allylic oxidation sites excluding steroid dienone is 1. The molecular weight excluding hydrogens is 274 g/mol. The van der Waals surface area contributed by atoms with E-state index >= 15 is 0 Å². The molecule has 1 aromatic carbocycles. The lowest BCUT2D eigenvalue weighted by molar-refractivity contribution is 0.469. The molecule has 0 aromatic heterocycles. The smallest absolute Gasteiger partial charge is 0.0175 e. The number of halogens is 1. The standard InChI is InChI=1S/C15H22BrN/c1-11(2)12(3)15(4,9-10-17)13-5-7-14(16)8-6-13/h5-8,11H,3,9-10,17H2,1-2,4H3. The van der Waals surface area contributed by atoms with Gasteiger partial charge in [0, 0.05) is 9.89 Å². The maximum absolute atomic E-state index is 5.77. The monoisotopic (exact) mass is 295 g/mol. The molecule has 0 heterocycles. The van der Waals surface area contributed by atoms with Crippen LogP contribution in [0.3, 0.4) is 0 Å². The molecule has 0 spiro atoms. The zero-order valence-corrected chi connectivity index (χ0v) is 12.5. The summed E-state index contributed by atoms with van der Waals surface area (Å²) in [4.78, 5) is 0. The fraction of sp³-hybridized carbons (Fsp3) is 0.467. The third-order valence-electron chi connectivity index (χ3n) is 3.53. The van der Waals surface area contributed by atoms with Crippen molar-refractivity contribution >= 4 is 15.9 Å². The fourth-order valence-electron chi connectivity index (χ4n) is 2.23. The summed E-state index contributed by atoms with van der Waals surface area (Å²) in [5.41, 5.74) is 8.30. The van der Waals surface area contributed by atoms with Gasteiger partial charge in [-0.3, -0.25) is 0 Å². The lowest BCUT2D eigenvalue weighted by Gasteiger charge is -2.34. The second-order valence-corrected chi connectivity index (χ2v) is 5.97. The zero-order valence-electron chi connectivity index (χ0n) is 11.0. The van der Waals surface area contributed by atoms with Crippen molar-refractivity contribution in [3.63, 3.8) is 0 Å². The van der Waals surface area contributed by atoms with E-state index in [-0.39, 0.29) is 5.41 Å². The van der Waals surface area contributed by atoms with Crippen LogP contribution in [0.2, 0.25) is 0 Å². The highest BCUT2D eigenvalue weighted by atomic mass is 79.9. The molecule has 2 N–H and O–H groups in total. The van der Waals surface area contributed by atoms with Crippen LogP contribution >= 0.6 is 15.9 Å². The quantitative estimate of drug-likeness (QED) is 0.807. The van der Waals surface area contributed by atoms with E-state index in [4.69, 9.17) is 5.73 Å². The van der Waals surface area contributed by atoms with Crippen LogP contribution in [0.1, 0.15) is 32.8 Å². The van der Waals surface area contributed by atoms with Gasteiger partial charge >= 0.3 is 0 Å². The lowest BCUT2D eigenvalue weighted by Crippen LogP contribution is -2.29. The van der Waals surface area contributed by atoms with Crippen LogP contribution in [-0.4, -0.2) is 6.54 Å². The Labute approximate surface area is 113 Å². The van der Waals surface area contributed by atoms with Crippen molar-refractivity contribution in [1.82, 2.24) is 0 Å². The molecule has 0 aliphatic heterocycles. The molecule has 0 fully saturated rings. The van der Waals surface area contributed by atoms with E-state index in [1.54, 1.807) is 0 Å². The molecule has 0 saturated heterocycles. The van der Waals surface area contributed by atoms with E-state index in [1.165, 1.54) is 11.1 Å². The molecule has 1 nitrogen and oxygen atoms in total. The maximum Gasteiger partial charge on any atom is 0.0175 e. The van der Waals surface area contributed by atoms with Gasteiger partial charge < -0.3 is 5.73 Å². The van der Waals surface area contributed by atoms with E-state index in [2.05, 4.69) is 67.5 Å². The number of hydrogen-bond donors (Lipinski definition) is 1. The minimum absolute atomic E-state index is 0.0242. The van der Waals surface area contributed by atoms with Crippen LogP contribution in [0.5, 0.6) is 0 Å². The van der Waals surface area contributed by atoms with Crippen molar-refractivity contribution in [1.29, 1.82) is 0 Å². The SMILES string of the molecule is C=C(C(C)C)C(C)(CCN)c1ccc(Br)cc1. The highest BCUT2D eigenvalue weighted by molar-refractivity contribution is 9.10. The summed E-state index contributed by atoms with van der Waals surface area (Å²) in [6.45, 7) is 11.6. The van der Waals surface area contributed by atoms with E-state index in [1.807, 2.05) is 0 Å². The van der Waals surface area contributed by atoms with Gasteiger partial charge in [0.25, 0.3) is 0 Å². The molecule has 0 amide bonds. The van der Waals surface area contributed by atoms with Crippen molar-refractivity contribution in [3.8, 4) is 0 Å². The molecule has 1 atom stereocenters. The average Bonchev–Trinajstić information content (AvgIpc) is 2.28. The summed E-state index contributed by atoms with van der Waals surface area (Å²) in [7, 11) is 0. The first kappa shape index (κ1) is 14.5. The Morgan fingerprint density at radius 1 is 1.35 bits per heavy atom. The van der Waals surface area contributed by atoms with Crippen LogP contribution in [0.25, 0.3) is 0 Å². The third-order valence-corrected chi connectivity index (χ3v) is 4.06. The summed E-state index contributed by atoms with van der Waals surface area (Å²) in [5, 5.41) is 0. The van der Waals surface area contributed by atoms with Crippen molar-refractivity contribution in [2.45, 2.75) is 32.6 Å². The van der Waals surface area contributed by atoms with Crippen molar-refractivity contribution in [2.75, 3.05) is 6.54 Å². The van der Waals surface area contributed by atoms with Gasteiger partial charge in [-0.2, -0.15) is 0 Å². The summed E-state index contributed by atoms with van der Waals surface area (Å²) >= 11 is 3.47. The Balaban J connectivity index is 3.15. The third kappa shape index (κ3) is 3.20. The lowest BCUT2D eigenvalue weighted by atomic mass is 9.70. The van der Waals surface area contributed by atoms with Crippen molar-refractivity contribution < 1.29 is 0 Å². The predicted octanol–water partition coefficient (Wildman–Crippen LogP) is 4.27. The van der Waals surface area contributed by atoms with Crippen LogP contribution in [0, 0.1) is 5.92 Å². The minimum Gasteiger partial charge on any atom is -0.330 e. The molecular formula is C15H22BrN. The Bertz CT molecular complexity index is 380. The predicted molar refractivity (Wildman–Crippen MR) is 79.1 cm³/mol. The van der Waals surface area contributed by atoms with Crippen LogP contribution < -0.4 is 5.73 Å². The fourth-order valence-corrected chi connectivity index (χ4v) is 2.50. The molecule has 0 aliphatic carbocycles. The molecule has 0 aliphatic rings. The molecule has 0 radical (unpaired) electrons. The number of rotatable bonds is 5. The zero-order chi connectivity index (χ0) is 13.1. The van der Waals surface area contributed by atoms with Gasteiger partial charge in [0.05, 0.1) is 0 Å². The highest BCUT2D eigenvalue weighted by Gasteiger charge is 2.30. The Hall–Kier alpha value is -0.600. The molecule has 17 heavy (non-hydrogen) atoms. The molecule has 1 rings (SSSR count). The van der Waals surface area contributed by atoms with Gasteiger partial charge in [0.15, 0.2) is 0 Å². The molecule has 0 saturated carbocycles. The van der Waals surface area contributed by atoms with E-state index < -0.39 is 0 Å². The normalized spacial score (nSPS) is 14.7. The van der Waals surface area contributed by atoms with E-state index in [0.717, 1.165) is 10.9 Å². The molecule has 0 bridgehead atoms. The highest BCUT2D eigenvalue weighted by Crippen LogP contribution is 2.38. The number of nitrogens with two attached hydrogens (primary N) is 1. The van der Waals surface area contributed by atoms with Crippen molar-refractivity contribution in [3.05, 3.63) is 46.5 Å². The van der Waals surface area contributed by atoms with E-state index in [0.29, 0.717) is 12.5 Å². The average molecular weight is 296 g/mol. The first-order valence-electron chi connectivity index (χ1n) is 6.07. The first-order chi connectivity index (χ1) is 7.91. The van der Waals surface area contributed by atoms with Gasteiger partial charge in [-0.05, 0) is 36.6 Å². The van der Waals surface area contributed by atoms with Crippen LogP contribution in [0.4, 0.5) is 0 Å². The largest absolute Gasteiger partial charge is 0.330 e. The maximum atomic E-state index is 5.77. The van der Waals surface area contributed by atoms with Crippen LogP contribution in [0.15, 0.2) is 40.9 Å². The Morgan fingerprint density at radius 2 is 1.88 bits per heavy atom. The first-order valence-corrected chi connectivity index (χ1v) is 6.86. The Morgan fingerprint density at radius 3 is 2.29 bits per heavy atom. The molecule has 1 unspecified atom stereocenters. The second-order valence-electron chi connectivity index (χ2n) is 5.06. The number of benzene rings is 1. The van der Waals surface area contributed by atoms with Gasteiger partial charge in [0.2, 0.25) is 0 Å². The topological polar surface area (TPSA) is 26.0 Å². The minimum atomic E-state index is -0.0242. The van der Waals surface area contributed by atoms with Gasteiger partial charge in [-0.1, -0.05) is 61.0 Å². The van der Waals surface area contributed by atoms with Crippen LogP contribution in [-0.2, 0) is 5.41 Å². The summed E-state index contributed by atoms with van der Waals surface area (Å²) < 4.78 is 1.10. The van der Waals surface area contributed by atoms with Gasteiger partial charge in [-0.25, -0.2) is 0 Å². The number of hydrogen-bond acceptors (Lipinski definition) is 1. The summed E-state index contributed by atoms with van der Waals surface area (Å²) in [6, 6.07) is 8.48. The van der Waals surface area contributed by atoms with Gasteiger partial charge in [0.1, 0.15) is 0 Å². The molecule has 2 heteroatoms. The second kappa shape index (κ2) is 5.83. The van der Waals surface area contributed by atoms with E-state index in [9.17, 15) is 0 Å².